The second kappa shape index (κ2) is 3.96. The van der Waals surface area contributed by atoms with Crippen molar-refractivity contribution >= 4 is 5.97 Å². The molecule has 0 saturated heterocycles. The van der Waals surface area contributed by atoms with Gasteiger partial charge in [-0.15, -0.1) is 0 Å². The van der Waals surface area contributed by atoms with Crippen LogP contribution in [0, 0.1) is 0 Å². The number of carbonyl (C=O) groups is 1. The molecule has 76 valence electrons. The number of aromatic amines is 1. The molecule has 0 spiro atoms. The summed E-state index contributed by atoms with van der Waals surface area (Å²) in [4.78, 5) is 17.9. The van der Waals surface area contributed by atoms with Gasteiger partial charge in [-0.05, 0) is 29.3 Å². The molecule has 0 bridgehead atoms. The normalized spacial score (nSPS) is 12.3. The maximum absolute atomic E-state index is 11.2. The fourth-order valence-electron chi connectivity index (χ4n) is 1.55. The van der Waals surface area contributed by atoms with Crippen LogP contribution in [0.1, 0.15) is 17.0 Å². The van der Waals surface area contributed by atoms with E-state index in [2.05, 4.69) is 9.97 Å². The van der Waals surface area contributed by atoms with Gasteiger partial charge in [0.15, 0.2) is 0 Å². The Bertz CT molecular complexity index is 437. The summed E-state index contributed by atoms with van der Waals surface area (Å²) in [7, 11) is 0. The molecule has 0 aliphatic rings. The van der Waals surface area contributed by atoms with Crippen molar-refractivity contribution in [2.75, 3.05) is 0 Å². The summed E-state index contributed by atoms with van der Waals surface area (Å²) in [5.41, 5.74) is 1.48. The van der Waals surface area contributed by atoms with Gasteiger partial charge in [0.25, 0.3) is 0 Å². The van der Waals surface area contributed by atoms with E-state index in [4.69, 9.17) is 5.11 Å². The van der Waals surface area contributed by atoms with Crippen LogP contribution in [0.3, 0.4) is 0 Å². The summed E-state index contributed by atoms with van der Waals surface area (Å²) in [6.45, 7) is 0. The molecule has 4 nitrogen and oxygen atoms in total. The SMILES string of the molecule is O=C(O)C(c1ccncc1)c1cc[nH]c1. The number of nitrogens with one attached hydrogen (secondary N) is 1. The summed E-state index contributed by atoms with van der Waals surface area (Å²) in [5.74, 6) is -1.49. The third-order valence-corrected chi connectivity index (χ3v) is 2.24. The molecule has 4 heteroatoms. The van der Waals surface area contributed by atoms with Crippen LogP contribution in [0.25, 0.3) is 0 Å². The standard InChI is InChI=1S/C11H10N2O2/c14-11(15)10(9-3-6-13-7-9)8-1-4-12-5-2-8/h1-7,10,13H,(H,14,15). The number of aromatic nitrogens is 2. The fourth-order valence-corrected chi connectivity index (χ4v) is 1.55. The van der Waals surface area contributed by atoms with Gasteiger partial charge in [-0.3, -0.25) is 9.78 Å². The van der Waals surface area contributed by atoms with Crippen molar-refractivity contribution < 1.29 is 9.90 Å². The maximum Gasteiger partial charge on any atom is 0.315 e. The summed E-state index contributed by atoms with van der Waals surface area (Å²) in [5, 5.41) is 9.16. The quantitative estimate of drug-likeness (QED) is 0.794. The Labute approximate surface area is 86.6 Å². The van der Waals surface area contributed by atoms with Crippen LogP contribution in [0.4, 0.5) is 0 Å². The van der Waals surface area contributed by atoms with Crippen molar-refractivity contribution in [2.45, 2.75) is 5.92 Å². The highest BCUT2D eigenvalue weighted by Gasteiger charge is 2.21. The van der Waals surface area contributed by atoms with Crippen LogP contribution in [0.5, 0.6) is 0 Å². The predicted octanol–water partition coefficient (Wildman–Crippen LogP) is 1.63. The molecular weight excluding hydrogens is 192 g/mol. The minimum atomic E-state index is -0.860. The van der Waals surface area contributed by atoms with E-state index in [0.717, 1.165) is 11.1 Å². The first kappa shape index (κ1) is 9.45. The third-order valence-electron chi connectivity index (χ3n) is 2.24. The molecule has 2 heterocycles. The Kier molecular flexibility index (Phi) is 2.49. The molecular formula is C11H10N2O2. The Hall–Kier alpha value is -2.10. The second-order valence-electron chi connectivity index (χ2n) is 3.20. The van der Waals surface area contributed by atoms with Crippen molar-refractivity contribution in [3.8, 4) is 0 Å². The lowest BCUT2D eigenvalue weighted by atomic mass is 9.94. The summed E-state index contributed by atoms with van der Waals surface area (Å²) < 4.78 is 0. The zero-order valence-corrected chi connectivity index (χ0v) is 7.92. The number of aliphatic carboxylic acids is 1. The molecule has 2 aromatic heterocycles. The minimum Gasteiger partial charge on any atom is -0.481 e. The maximum atomic E-state index is 11.2. The number of rotatable bonds is 3. The summed E-state index contributed by atoms with van der Waals surface area (Å²) in [6.07, 6.45) is 6.60. The van der Waals surface area contributed by atoms with Gasteiger partial charge in [0.05, 0.1) is 0 Å². The van der Waals surface area contributed by atoms with Crippen molar-refractivity contribution in [2.24, 2.45) is 0 Å². The molecule has 0 fully saturated rings. The van der Waals surface area contributed by atoms with E-state index in [1.807, 2.05) is 0 Å². The summed E-state index contributed by atoms with van der Waals surface area (Å²) >= 11 is 0. The molecule has 2 N–H and O–H groups in total. The predicted molar refractivity (Wildman–Crippen MR) is 54.5 cm³/mol. The molecule has 0 radical (unpaired) electrons. The molecule has 2 aromatic rings. The van der Waals surface area contributed by atoms with Crippen LogP contribution in [0.15, 0.2) is 43.0 Å². The molecule has 1 atom stereocenters. The van der Waals surface area contributed by atoms with Gasteiger partial charge in [-0.1, -0.05) is 0 Å². The number of H-pyrrole nitrogens is 1. The topological polar surface area (TPSA) is 66.0 Å². The number of nitrogens with zero attached hydrogens (tertiary/aromatic N) is 1. The van der Waals surface area contributed by atoms with Gasteiger partial charge in [-0.2, -0.15) is 0 Å². The van der Waals surface area contributed by atoms with Gasteiger partial charge in [-0.25, -0.2) is 0 Å². The molecule has 0 amide bonds. The number of pyridine rings is 1. The Morgan fingerprint density at radius 1 is 1.27 bits per heavy atom. The van der Waals surface area contributed by atoms with E-state index in [1.165, 1.54) is 0 Å². The van der Waals surface area contributed by atoms with Crippen LogP contribution < -0.4 is 0 Å². The van der Waals surface area contributed by atoms with E-state index in [-0.39, 0.29) is 0 Å². The Morgan fingerprint density at radius 2 is 2.00 bits per heavy atom. The lowest BCUT2D eigenvalue weighted by Crippen LogP contribution is -2.12. The van der Waals surface area contributed by atoms with E-state index in [1.54, 1.807) is 43.0 Å². The lowest BCUT2D eigenvalue weighted by Gasteiger charge is -2.10. The molecule has 15 heavy (non-hydrogen) atoms. The first-order valence-corrected chi connectivity index (χ1v) is 4.54. The zero-order chi connectivity index (χ0) is 10.7. The highest BCUT2D eigenvalue weighted by atomic mass is 16.4. The molecule has 0 aliphatic carbocycles. The molecule has 1 unspecified atom stereocenters. The van der Waals surface area contributed by atoms with Crippen molar-refractivity contribution in [1.29, 1.82) is 0 Å². The lowest BCUT2D eigenvalue weighted by molar-refractivity contribution is -0.137. The zero-order valence-electron chi connectivity index (χ0n) is 7.92. The average molecular weight is 202 g/mol. The number of hydrogen-bond donors (Lipinski definition) is 2. The first-order valence-electron chi connectivity index (χ1n) is 4.54. The monoisotopic (exact) mass is 202 g/mol. The third kappa shape index (κ3) is 1.88. The smallest absolute Gasteiger partial charge is 0.315 e. The van der Waals surface area contributed by atoms with Gasteiger partial charge < -0.3 is 10.1 Å². The average Bonchev–Trinajstić information content (AvgIpc) is 2.72. The minimum absolute atomic E-state index is 0.626. The van der Waals surface area contributed by atoms with E-state index >= 15 is 0 Å². The van der Waals surface area contributed by atoms with Crippen LogP contribution >= 0.6 is 0 Å². The van der Waals surface area contributed by atoms with Crippen molar-refractivity contribution in [3.05, 3.63) is 54.1 Å². The highest BCUT2D eigenvalue weighted by molar-refractivity contribution is 5.80. The van der Waals surface area contributed by atoms with Crippen LogP contribution in [0.2, 0.25) is 0 Å². The second-order valence-corrected chi connectivity index (χ2v) is 3.20. The Balaban J connectivity index is 2.42. The molecule has 0 aromatic carbocycles. The highest BCUT2D eigenvalue weighted by Crippen LogP contribution is 2.23. The Morgan fingerprint density at radius 3 is 2.53 bits per heavy atom. The molecule has 2 rings (SSSR count). The molecule has 0 saturated carbocycles. The fraction of sp³-hybridized carbons (Fsp3) is 0.0909. The van der Waals surface area contributed by atoms with Gasteiger partial charge in [0.1, 0.15) is 5.92 Å². The summed E-state index contributed by atoms with van der Waals surface area (Å²) in [6, 6.07) is 5.19. The van der Waals surface area contributed by atoms with Gasteiger partial charge in [0, 0.05) is 24.8 Å². The molecule has 0 aliphatic heterocycles. The van der Waals surface area contributed by atoms with Crippen molar-refractivity contribution in [3.63, 3.8) is 0 Å². The van der Waals surface area contributed by atoms with E-state index < -0.39 is 11.9 Å². The van der Waals surface area contributed by atoms with Crippen LogP contribution in [-0.4, -0.2) is 21.0 Å². The van der Waals surface area contributed by atoms with E-state index in [0.29, 0.717) is 0 Å². The van der Waals surface area contributed by atoms with Gasteiger partial charge >= 0.3 is 5.97 Å². The number of hydrogen-bond acceptors (Lipinski definition) is 2. The first-order chi connectivity index (χ1) is 7.29. The number of carboxylic acid groups (broad SMARTS) is 1. The number of carboxylic acids is 1. The van der Waals surface area contributed by atoms with Crippen molar-refractivity contribution in [1.82, 2.24) is 9.97 Å². The van der Waals surface area contributed by atoms with Crippen LogP contribution in [-0.2, 0) is 4.79 Å². The van der Waals surface area contributed by atoms with E-state index in [9.17, 15) is 4.79 Å². The van der Waals surface area contributed by atoms with Gasteiger partial charge in [0.2, 0.25) is 0 Å². The largest absolute Gasteiger partial charge is 0.481 e.